The van der Waals surface area contributed by atoms with E-state index in [-0.39, 0.29) is 0 Å². The minimum absolute atomic E-state index is 0.591. The molecule has 3 atom stereocenters. The highest BCUT2D eigenvalue weighted by atomic mass is 79.9. The highest BCUT2D eigenvalue weighted by Gasteiger charge is 2.37. The third kappa shape index (κ3) is 3.40. The molecule has 0 spiro atoms. The van der Waals surface area contributed by atoms with Crippen LogP contribution in [0.15, 0.2) is 0 Å². The zero-order valence-corrected chi connectivity index (χ0v) is 9.11. The first-order valence-electron chi connectivity index (χ1n) is 4.62. The third-order valence-electron chi connectivity index (χ3n) is 2.53. The van der Waals surface area contributed by atoms with Crippen molar-refractivity contribution in [2.45, 2.75) is 25.4 Å². The highest BCUT2D eigenvalue weighted by molar-refractivity contribution is 9.09. The molecule has 1 nitrogen and oxygen atoms in total. The van der Waals surface area contributed by atoms with Gasteiger partial charge in [0.25, 0.3) is 0 Å². The van der Waals surface area contributed by atoms with Gasteiger partial charge in [-0.15, -0.1) is 0 Å². The lowest BCUT2D eigenvalue weighted by atomic mass is 10.1. The van der Waals surface area contributed by atoms with Crippen molar-refractivity contribution in [3.05, 3.63) is 0 Å². The van der Waals surface area contributed by atoms with E-state index < -0.39 is 6.17 Å². The molecule has 0 aliphatic heterocycles. The van der Waals surface area contributed by atoms with E-state index in [0.29, 0.717) is 12.3 Å². The summed E-state index contributed by atoms with van der Waals surface area (Å²) < 4.78 is 13.1. The number of nitrogens with one attached hydrogen (secondary N) is 1. The Labute approximate surface area is 82.2 Å². The maximum absolute atomic E-state index is 13.1. The SMILES string of the molecule is CNCC[C@@H](F)CC1C[C@H]1CBr. The van der Waals surface area contributed by atoms with Gasteiger partial charge in [-0.25, -0.2) is 4.39 Å². The zero-order valence-electron chi connectivity index (χ0n) is 7.52. The van der Waals surface area contributed by atoms with Crippen LogP contribution in [0.2, 0.25) is 0 Å². The lowest BCUT2D eigenvalue weighted by Gasteiger charge is -2.06. The van der Waals surface area contributed by atoms with Crippen LogP contribution in [0.1, 0.15) is 19.3 Å². The smallest absolute Gasteiger partial charge is 0.102 e. The van der Waals surface area contributed by atoms with Crippen LogP contribution in [0.3, 0.4) is 0 Å². The molecular weight excluding hydrogens is 221 g/mol. The summed E-state index contributed by atoms with van der Waals surface area (Å²) in [5, 5.41) is 4.02. The van der Waals surface area contributed by atoms with Crippen LogP contribution in [-0.2, 0) is 0 Å². The largest absolute Gasteiger partial charge is 0.320 e. The van der Waals surface area contributed by atoms with Crippen molar-refractivity contribution in [3.8, 4) is 0 Å². The summed E-state index contributed by atoms with van der Waals surface area (Å²) in [5.74, 6) is 1.43. The molecule has 1 fully saturated rings. The van der Waals surface area contributed by atoms with Crippen LogP contribution in [0.4, 0.5) is 4.39 Å². The molecule has 0 saturated heterocycles. The molecule has 1 rings (SSSR count). The molecule has 0 aromatic carbocycles. The van der Waals surface area contributed by atoms with E-state index in [0.717, 1.165) is 24.2 Å². The number of rotatable bonds is 6. The summed E-state index contributed by atoms with van der Waals surface area (Å²) in [4.78, 5) is 0. The Morgan fingerprint density at radius 1 is 1.58 bits per heavy atom. The first-order valence-corrected chi connectivity index (χ1v) is 5.74. The molecule has 0 radical (unpaired) electrons. The molecule has 1 aliphatic carbocycles. The van der Waals surface area contributed by atoms with Crippen LogP contribution in [0, 0.1) is 11.8 Å². The first-order chi connectivity index (χ1) is 5.77. The molecule has 0 bridgehead atoms. The number of alkyl halides is 2. The monoisotopic (exact) mass is 237 g/mol. The predicted molar refractivity (Wildman–Crippen MR) is 53.4 cm³/mol. The maximum atomic E-state index is 13.1. The van der Waals surface area contributed by atoms with Crippen molar-refractivity contribution in [2.24, 2.45) is 11.8 Å². The average molecular weight is 238 g/mol. The highest BCUT2D eigenvalue weighted by Crippen LogP contribution is 2.43. The van der Waals surface area contributed by atoms with Gasteiger partial charge >= 0.3 is 0 Å². The second kappa shape index (κ2) is 5.18. The molecule has 1 unspecified atom stereocenters. The lowest BCUT2D eigenvalue weighted by molar-refractivity contribution is 0.280. The third-order valence-corrected chi connectivity index (χ3v) is 3.36. The van der Waals surface area contributed by atoms with Crippen molar-refractivity contribution in [3.63, 3.8) is 0 Å². The second-order valence-corrected chi connectivity index (χ2v) is 4.28. The molecule has 72 valence electrons. The van der Waals surface area contributed by atoms with Gasteiger partial charge in [0.15, 0.2) is 0 Å². The van der Waals surface area contributed by atoms with Crippen LogP contribution in [0.5, 0.6) is 0 Å². The van der Waals surface area contributed by atoms with Gasteiger partial charge in [-0.1, -0.05) is 15.9 Å². The van der Waals surface area contributed by atoms with E-state index in [2.05, 4.69) is 21.2 Å². The minimum Gasteiger partial charge on any atom is -0.320 e. The van der Waals surface area contributed by atoms with E-state index in [1.165, 1.54) is 6.42 Å². The molecule has 1 aliphatic rings. The summed E-state index contributed by atoms with van der Waals surface area (Å²) >= 11 is 3.42. The topological polar surface area (TPSA) is 12.0 Å². The second-order valence-electron chi connectivity index (χ2n) is 3.64. The van der Waals surface area contributed by atoms with Crippen molar-refractivity contribution in [2.75, 3.05) is 18.9 Å². The van der Waals surface area contributed by atoms with Crippen molar-refractivity contribution >= 4 is 15.9 Å². The molecule has 0 amide bonds. The quantitative estimate of drug-likeness (QED) is 0.700. The van der Waals surface area contributed by atoms with Gasteiger partial charge in [-0.05, 0) is 44.7 Å². The Bertz CT molecular complexity index is 132. The molecule has 1 saturated carbocycles. The van der Waals surface area contributed by atoms with E-state index in [1.807, 2.05) is 7.05 Å². The molecule has 1 N–H and O–H groups in total. The van der Waals surface area contributed by atoms with Crippen molar-refractivity contribution < 1.29 is 4.39 Å². The van der Waals surface area contributed by atoms with Gasteiger partial charge in [0.2, 0.25) is 0 Å². The first kappa shape index (κ1) is 10.5. The van der Waals surface area contributed by atoms with Gasteiger partial charge in [0.1, 0.15) is 6.17 Å². The fraction of sp³-hybridized carbons (Fsp3) is 1.00. The predicted octanol–water partition coefficient (Wildman–Crippen LogP) is 2.36. The number of hydrogen-bond donors (Lipinski definition) is 1. The van der Waals surface area contributed by atoms with Crippen LogP contribution < -0.4 is 5.32 Å². The number of hydrogen-bond acceptors (Lipinski definition) is 1. The Morgan fingerprint density at radius 2 is 2.33 bits per heavy atom. The molecule has 12 heavy (non-hydrogen) atoms. The Kier molecular flexibility index (Phi) is 4.51. The molecule has 0 aromatic rings. The summed E-state index contributed by atoms with van der Waals surface area (Å²) in [7, 11) is 1.87. The van der Waals surface area contributed by atoms with Gasteiger partial charge in [-0.3, -0.25) is 0 Å². The maximum Gasteiger partial charge on any atom is 0.102 e. The average Bonchev–Trinajstić information content (AvgIpc) is 2.80. The fourth-order valence-corrected chi connectivity index (χ4v) is 2.33. The van der Waals surface area contributed by atoms with Crippen molar-refractivity contribution in [1.82, 2.24) is 5.32 Å². The van der Waals surface area contributed by atoms with Crippen LogP contribution >= 0.6 is 15.9 Å². The summed E-state index contributed by atoms with van der Waals surface area (Å²) in [6, 6.07) is 0. The zero-order chi connectivity index (χ0) is 8.97. The molecular formula is C9H17BrFN. The molecule has 3 heteroatoms. The Hall–Kier alpha value is 0.370. The minimum atomic E-state index is -0.591. The molecule has 0 aromatic heterocycles. The Balaban J connectivity index is 1.99. The van der Waals surface area contributed by atoms with E-state index in [4.69, 9.17) is 0 Å². The lowest BCUT2D eigenvalue weighted by Crippen LogP contribution is -2.14. The standard InChI is InChI=1S/C9H17BrFN/c1-12-3-2-9(11)5-7-4-8(7)6-10/h7-9,12H,2-6H2,1H3/t7?,8-,9+/m0/s1. The van der Waals surface area contributed by atoms with Gasteiger partial charge in [0.05, 0.1) is 0 Å². The summed E-state index contributed by atoms with van der Waals surface area (Å²) in [6.07, 6.45) is 2.08. The fourth-order valence-electron chi connectivity index (χ4n) is 1.54. The summed E-state index contributed by atoms with van der Waals surface area (Å²) in [6.45, 7) is 0.798. The number of halogens is 2. The molecule has 0 heterocycles. The van der Waals surface area contributed by atoms with Crippen LogP contribution in [0.25, 0.3) is 0 Å². The van der Waals surface area contributed by atoms with Gasteiger partial charge in [0, 0.05) is 5.33 Å². The van der Waals surface area contributed by atoms with Crippen molar-refractivity contribution in [1.29, 1.82) is 0 Å². The van der Waals surface area contributed by atoms with E-state index >= 15 is 0 Å². The Morgan fingerprint density at radius 3 is 2.83 bits per heavy atom. The van der Waals surface area contributed by atoms with E-state index in [9.17, 15) is 4.39 Å². The van der Waals surface area contributed by atoms with Crippen LogP contribution in [-0.4, -0.2) is 25.1 Å². The van der Waals surface area contributed by atoms with E-state index in [1.54, 1.807) is 0 Å². The van der Waals surface area contributed by atoms with Gasteiger partial charge in [-0.2, -0.15) is 0 Å². The van der Waals surface area contributed by atoms with Gasteiger partial charge < -0.3 is 5.32 Å². The summed E-state index contributed by atoms with van der Waals surface area (Å²) in [5.41, 5.74) is 0. The normalized spacial score (nSPS) is 30.2.